The van der Waals surface area contributed by atoms with Crippen LogP contribution in [-0.4, -0.2) is 29.1 Å². The highest BCUT2D eigenvalue weighted by molar-refractivity contribution is 6.33. The Balaban J connectivity index is 2.70. The van der Waals surface area contributed by atoms with Crippen LogP contribution in [0.2, 0.25) is 5.02 Å². The summed E-state index contributed by atoms with van der Waals surface area (Å²) in [6.45, 7) is 0. The van der Waals surface area contributed by atoms with E-state index < -0.39 is 29.8 Å². The number of carbonyl (C=O) groups excluding carboxylic acids is 2. The van der Waals surface area contributed by atoms with Crippen molar-refractivity contribution in [3.63, 3.8) is 0 Å². The van der Waals surface area contributed by atoms with Gasteiger partial charge in [0.1, 0.15) is 11.9 Å². The highest BCUT2D eigenvalue weighted by Crippen LogP contribution is 2.24. The SMILES string of the molecule is NC(=O)CCC(NC(=O)Nc1c(F)cccc1Cl)C(=O)O. The lowest BCUT2D eigenvalue weighted by atomic mass is 10.1. The molecule has 0 fully saturated rings. The maximum absolute atomic E-state index is 13.5. The number of nitrogens with two attached hydrogens (primary N) is 1. The first-order valence-corrected chi connectivity index (χ1v) is 6.21. The van der Waals surface area contributed by atoms with Gasteiger partial charge in [-0.05, 0) is 18.6 Å². The normalized spacial score (nSPS) is 11.5. The molecule has 0 aliphatic heterocycles. The summed E-state index contributed by atoms with van der Waals surface area (Å²) in [5.41, 5.74) is 4.64. The number of primary amides is 1. The summed E-state index contributed by atoms with van der Waals surface area (Å²) in [5, 5.41) is 13.1. The van der Waals surface area contributed by atoms with E-state index in [1.54, 1.807) is 0 Å². The number of para-hydroxylation sites is 1. The van der Waals surface area contributed by atoms with Gasteiger partial charge in [0.2, 0.25) is 5.91 Å². The van der Waals surface area contributed by atoms with Crippen LogP contribution in [0.4, 0.5) is 14.9 Å². The van der Waals surface area contributed by atoms with Crippen molar-refractivity contribution in [3.05, 3.63) is 29.0 Å². The molecule has 0 aromatic heterocycles. The van der Waals surface area contributed by atoms with Crippen LogP contribution in [0.1, 0.15) is 12.8 Å². The molecule has 9 heteroatoms. The van der Waals surface area contributed by atoms with Gasteiger partial charge in [0.15, 0.2) is 0 Å². The number of carboxylic acid groups (broad SMARTS) is 1. The van der Waals surface area contributed by atoms with Crippen LogP contribution >= 0.6 is 11.6 Å². The molecule has 5 N–H and O–H groups in total. The van der Waals surface area contributed by atoms with Crippen molar-refractivity contribution in [3.8, 4) is 0 Å². The van der Waals surface area contributed by atoms with E-state index in [0.29, 0.717) is 0 Å². The third kappa shape index (κ3) is 5.27. The summed E-state index contributed by atoms with van der Waals surface area (Å²) < 4.78 is 13.5. The second-order valence-corrected chi connectivity index (χ2v) is 4.50. The molecule has 0 saturated carbocycles. The molecule has 0 bridgehead atoms. The van der Waals surface area contributed by atoms with Gasteiger partial charge in [-0.1, -0.05) is 17.7 Å². The summed E-state index contributed by atoms with van der Waals surface area (Å²) >= 11 is 5.72. The van der Waals surface area contributed by atoms with E-state index in [-0.39, 0.29) is 23.6 Å². The number of rotatable bonds is 6. The molecule has 1 aromatic carbocycles. The zero-order chi connectivity index (χ0) is 16.0. The number of amides is 3. The van der Waals surface area contributed by atoms with E-state index in [1.165, 1.54) is 12.1 Å². The number of hydrogen-bond acceptors (Lipinski definition) is 3. The fourth-order valence-corrected chi connectivity index (χ4v) is 1.68. The van der Waals surface area contributed by atoms with Gasteiger partial charge in [-0.2, -0.15) is 0 Å². The van der Waals surface area contributed by atoms with Crippen molar-refractivity contribution in [2.24, 2.45) is 5.73 Å². The average Bonchev–Trinajstić information content (AvgIpc) is 2.38. The lowest BCUT2D eigenvalue weighted by Crippen LogP contribution is -2.43. The average molecular weight is 318 g/mol. The maximum atomic E-state index is 13.5. The molecular formula is C12H13ClFN3O4. The van der Waals surface area contributed by atoms with Crippen LogP contribution in [0.5, 0.6) is 0 Å². The highest BCUT2D eigenvalue weighted by atomic mass is 35.5. The summed E-state index contributed by atoms with van der Waals surface area (Å²) in [7, 11) is 0. The summed E-state index contributed by atoms with van der Waals surface area (Å²) in [6.07, 6.45) is -0.388. The van der Waals surface area contributed by atoms with Gasteiger partial charge in [-0.3, -0.25) is 4.79 Å². The summed E-state index contributed by atoms with van der Waals surface area (Å²) in [4.78, 5) is 33.2. The van der Waals surface area contributed by atoms with Crippen LogP contribution in [0, 0.1) is 5.82 Å². The first-order valence-electron chi connectivity index (χ1n) is 5.84. The molecule has 0 saturated heterocycles. The molecule has 3 amide bonds. The number of hydrogen-bond donors (Lipinski definition) is 4. The fraction of sp³-hybridized carbons (Fsp3) is 0.250. The monoisotopic (exact) mass is 317 g/mol. The van der Waals surface area contributed by atoms with Gasteiger partial charge in [0, 0.05) is 6.42 Å². The largest absolute Gasteiger partial charge is 0.480 e. The molecule has 114 valence electrons. The van der Waals surface area contributed by atoms with Crippen molar-refractivity contribution in [1.29, 1.82) is 0 Å². The Hall–Kier alpha value is -2.35. The minimum atomic E-state index is -1.34. The van der Waals surface area contributed by atoms with E-state index in [2.05, 4.69) is 10.6 Å². The lowest BCUT2D eigenvalue weighted by molar-refractivity contribution is -0.139. The predicted molar refractivity (Wildman–Crippen MR) is 73.4 cm³/mol. The number of anilines is 1. The lowest BCUT2D eigenvalue weighted by Gasteiger charge is -2.15. The number of halogens is 2. The minimum absolute atomic E-state index is 0.0332. The summed E-state index contributed by atoms with van der Waals surface area (Å²) in [6, 6.07) is 1.51. The van der Waals surface area contributed by atoms with Gasteiger partial charge >= 0.3 is 12.0 Å². The molecule has 0 heterocycles. The quantitative estimate of drug-likeness (QED) is 0.632. The molecular weight excluding hydrogens is 305 g/mol. The fourth-order valence-electron chi connectivity index (χ4n) is 1.47. The third-order valence-electron chi connectivity index (χ3n) is 2.48. The Kier molecular flexibility index (Phi) is 5.92. The predicted octanol–water partition coefficient (Wildman–Crippen LogP) is 1.32. The van der Waals surface area contributed by atoms with Crippen molar-refractivity contribution in [1.82, 2.24) is 5.32 Å². The van der Waals surface area contributed by atoms with Crippen LogP contribution in [0.25, 0.3) is 0 Å². The zero-order valence-electron chi connectivity index (χ0n) is 10.7. The van der Waals surface area contributed by atoms with Gasteiger partial charge in [0.05, 0.1) is 10.7 Å². The van der Waals surface area contributed by atoms with E-state index in [4.69, 9.17) is 22.4 Å². The summed E-state index contributed by atoms with van der Waals surface area (Å²) in [5.74, 6) is -2.80. The first kappa shape index (κ1) is 16.7. The number of nitrogens with one attached hydrogen (secondary N) is 2. The minimum Gasteiger partial charge on any atom is -0.480 e. The Morgan fingerprint density at radius 1 is 1.38 bits per heavy atom. The van der Waals surface area contributed by atoms with Gasteiger partial charge in [-0.25, -0.2) is 14.0 Å². The second kappa shape index (κ2) is 7.44. The number of carbonyl (C=O) groups is 3. The zero-order valence-corrected chi connectivity index (χ0v) is 11.5. The van der Waals surface area contributed by atoms with Gasteiger partial charge in [-0.15, -0.1) is 0 Å². The smallest absolute Gasteiger partial charge is 0.326 e. The molecule has 1 aromatic rings. The molecule has 21 heavy (non-hydrogen) atoms. The second-order valence-electron chi connectivity index (χ2n) is 4.09. The van der Waals surface area contributed by atoms with Crippen LogP contribution in [0.15, 0.2) is 18.2 Å². The molecule has 1 atom stereocenters. The molecule has 0 aliphatic rings. The highest BCUT2D eigenvalue weighted by Gasteiger charge is 2.21. The van der Waals surface area contributed by atoms with Crippen molar-refractivity contribution in [2.75, 3.05) is 5.32 Å². The Morgan fingerprint density at radius 3 is 2.57 bits per heavy atom. The van der Waals surface area contributed by atoms with Crippen molar-refractivity contribution >= 4 is 35.2 Å². The van der Waals surface area contributed by atoms with E-state index in [9.17, 15) is 18.8 Å². The first-order chi connectivity index (χ1) is 9.81. The number of urea groups is 1. The van der Waals surface area contributed by atoms with Crippen LogP contribution in [-0.2, 0) is 9.59 Å². The van der Waals surface area contributed by atoms with Crippen molar-refractivity contribution in [2.45, 2.75) is 18.9 Å². The number of aliphatic carboxylic acids is 1. The molecule has 7 nitrogen and oxygen atoms in total. The third-order valence-corrected chi connectivity index (χ3v) is 2.80. The molecule has 1 unspecified atom stereocenters. The molecule has 1 rings (SSSR count). The standard InChI is InChI=1S/C12H13ClFN3O4/c13-6-2-1-3-7(14)10(6)17-12(21)16-8(11(19)20)4-5-9(15)18/h1-3,8H,4-5H2,(H2,15,18)(H,19,20)(H2,16,17,21). The van der Waals surface area contributed by atoms with E-state index in [1.807, 2.05) is 0 Å². The molecule has 0 spiro atoms. The maximum Gasteiger partial charge on any atom is 0.326 e. The van der Waals surface area contributed by atoms with Gasteiger partial charge < -0.3 is 21.5 Å². The molecule has 0 radical (unpaired) electrons. The van der Waals surface area contributed by atoms with E-state index in [0.717, 1.165) is 6.07 Å². The van der Waals surface area contributed by atoms with Crippen LogP contribution < -0.4 is 16.4 Å². The Morgan fingerprint density at radius 2 is 2.05 bits per heavy atom. The van der Waals surface area contributed by atoms with Crippen molar-refractivity contribution < 1.29 is 23.9 Å². The van der Waals surface area contributed by atoms with E-state index >= 15 is 0 Å². The number of benzene rings is 1. The van der Waals surface area contributed by atoms with Crippen LogP contribution in [0.3, 0.4) is 0 Å². The Labute approximate surface area is 124 Å². The topological polar surface area (TPSA) is 122 Å². The molecule has 0 aliphatic carbocycles. The number of carboxylic acids is 1. The van der Waals surface area contributed by atoms with Gasteiger partial charge in [0.25, 0.3) is 0 Å². The Bertz CT molecular complexity index is 547.